The van der Waals surface area contributed by atoms with E-state index in [-0.39, 0.29) is 24.8 Å². The van der Waals surface area contributed by atoms with E-state index in [2.05, 4.69) is 10.6 Å². The van der Waals surface area contributed by atoms with Crippen molar-refractivity contribution in [2.24, 2.45) is 0 Å². The fraction of sp³-hybridized carbons (Fsp3) is 0.273. The summed E-state index contributed by atoms with van der Waals surface area (Å²) < 4.78 is 4.90. The van der Waals surface area contributed by atoms with Crippen molar-refractivity contribution in [3.8, 4) is 6.07 Å². The number of hydrogen-bond donors (Lipinski definition) is 2. The lowest BCUT2D eigenvalue weighted by Gasteiger charge is -2.14. The fourth-order valence-corrected chi connectivity index (χ4v) is 2.57. The number of anilines is 1. The van der Waals surface area contributed by atoms with Crippen molar-refractivity contribution in [3.63, 3.8) is 0 Å². The predicted octanol–water partition coefficient (Wildman–Crippen LogP) is 2.89. The van der Waals surface area contributed by atoms with E-state index in [0.29, 0.717) is 12.1 Å². The summed E-state index contributed by atoms with van der Waals surface area (Å²) in [6, 6.07) is 18.2. The van der Waals surface area contributed by atoms with Crippen LogP contribution in [0.3, 0.4) is 0 Å². The van der Waals surface area contributed by atoms with Crippen LogP contribution >= 0.6 is 0 Å². The van der Waals surface area contributed by atoms with Gasteiger partial charge in [-0.25, -0.2) is 0 Å². The smallest absolute Gasteiger partial charge is 0.306 e. The number of nitriles is 1. The lowest BCUT2D eigenvalue weighted by Crippen LogP contribution is -2.27. The Balaban J connectivity index is 1.66. The van der Waals surface area contributed by atoms with Crippen molar-refractivity contribution >= 4 is 23.5 Å². The quantitative estimate of drug-likeness (QED) is 0.637. The molecule has 0 radical (unpaired) electrons. The first kappa shape index (κ1) is 21.6. The van der Waals surface area contributed by atoms with Gasteiger partial charge in [0.15, 0.2) is 6.61 Å². The average molecular weight is 393 g/mol. The molecule has 1 atom stereocenters. The molecule has 29 heavy (non-hydrogen) atoms. The first-order chi connectivity index (χ1) is 14.0. The van der Waals surface area contributed by atoms with Crippen molar-refractivity contribution in [1.29, 1.82) is 5.26 Å². The first-order valence-electron chi connectivity index (χ1n) is 9.23. The molecular formula is C22H23N3O4. The maximum Gasteiger partial charge on any atom is 0.306 e. The molecule has 7 nitrogen and oxygen atoms in total. The number of hydrogen-bond acceptors (Lipinski definition) is 5. The molecule has 0 spiro atoms. The van der Waals surface area contributed by atoms with Crippen molar-refractivity contribution < 1.29 is 19.1 Å². The zero-order valence-electron chi connectivity index (χ0n) is 16.2. The lowest BCUT2D eigenvalue weighted by molar-refractivity contribution is -0.148. The second kappa shape index (κ2) is 11.2. The number of amides is 2. The van der Waals surface area contributed by atoms with Crippen LogP contribution < -0.4 is 10.6 Å². The van der Waals surface area contributed by atoms with Crippen LogP contribution in [-0.4, -0.2) is 24.4 Å². The highest BCUT2D eigenvalue weighted by Gasteiger charge is 2.13. The topological polar surface area (TPSA) is 108 Å². The van der Waals surface area contributed by atoms with Gasteiger partial charge in [0.2, 0.25) is 5.91 Å². The molecule has 2 rings (SSSR count). The molecule has 1 unspecified atom stereocenters. The fourth-order valence-electron chi connectivity index (χ4n) is 2.57. The van der Waals surface area contributed by atoms with E-state index in [1.165, 1.54) is 0 Å². The summed E-state index contributed by atoms with van der Waals surface area (Å²) in [7, 11) is 0. The Morgan fingerprint density at radius 1 is 1.00 bits per heavy atom. The summed E-state index contributed by atoms with van der Waals surface area (Å²) in [5, 5.41) is 14.1. The summed E-state index contributed by atoms with van der Waals surface area (Å²) >= 11 is 0. The molecule has 0 saturated carbocycles. The van der Waals surface area contributed by atoms with Gasteiger partial charge in [-0.15, -0.1) is 0 Å². The van der Waals surface area contributed by atoms with Crippen LogP contribution in [0.1, 0.15) is 36.9 Å². The molecule has 0 aliphatic rings. The van der Waals surface area contributed by atoms with Crippen molar-refractivity contribution in [1.82, 2.24) is 5.32 Å². The van der Waals surface area contributed by atoms with Gasteiger partial charge in [0.1, 0.15) is 0 Å². The normalized spacial score (nSPS) is 11.0. The van der Waals surface area contributed by atoms with Crippen LogP contribution in [0.2, 0.25) is 0 Å². The van der Waals surface area contributed by atoms with E-state index in [1.54, 1.807) is 24.3 Å². The van der Waals surface area contributed by atoms with E-state index in [9.17, 15) is 14.4 Å². The number of benzene rings is 2. The second-order valence-corrected chi connectivity index (χ2v) is 6.44. The third-order valence-corrected chi connectivity index (χ3v) is 4.12. The van der Waals surface area contributed by atoms with Gasteiger partial charge in [0.05, 0.1) is 25.0 Å². The summed E-state index contributed by atoms with van der Waals surface area (Å²) in [5.41, 5.74) is 2.36. The zero-order chi connectivity index (χ0) is 21.1. The van der Waals surface area contributed by atoms with Crippen LogP contribution in [0.25, 0.3) is 0 Å². The Labute approximate surface area is 169 Å². The number of carbonyl (C=O) groups excluding carboxylic acids is 3. The van der Waals surface area contributed by atoms with Crippen LogP contribution in [0, 0.1) is 11.3 Å². The van der Waals surface area contributed by atoms with Gasteiger partial charge in [-0.1, -0.05) is 42.5 Å². The van der Waals surface area contributed by atoms with Crippen molar-refractivity contribution in [2.45, 2.75) is 32.2 Å². The van der Waals surface area contributed by atoms with E-state index in [0.717, 1.165) is 11.1 Å². The molecule has 2 N–H and O–H groups in total. The van der Waals surface area contributed by atoms with Gasteiger partial charge in [0, 0.05) is 12.1 Å². The minimum absolute atomic E-state index is 0.0159. The Morgan fingerprint density at radius 3 is 2.34 bits per heavy atom. The van der Waals surface area contributed by atoms with E-state index in [1.807, 2.05) is 43.3 Å². The maximum atomic E-state index is 12.0. The minimum Gasteiger partial charge on any atom is -0.456 e. The summed E-state index contributed by atoms with van der Waals surface area (Å²) in [4.78, 5) is 35.6. The molecule has 150 valence electrons. The molecule has 7 heteroatoms. The minimum atomic E-state index is -0.618. The molecule has 0 fully saturated rings. The number of esters is 1. The molecule has 0 aliphatic carbocycles. The first-order valence-corrected chi connectivity index (χ1v) is 9.23. The Hall–Kier alpha value is -3.66. The van der Waals surface area contributed by atoms with Crippen LogP contribution in [-0.2, 0) is 25.5 Å². The van der Waals surface area contributed by atoms with Crippen molar-refractivity contribution in [2.75, 3.05) is 11.9 Å². The highest BCUT2D eigenvalue weighted by molar-refractivity contribution is 5.93. The van der Waals surface area contributed by atoms with Gasteiger partial charge < -0.3 is 15.4 Å². The Kier molecular flexibility index (Phi) is 8.39. The number of ether oxygens (including phenoxy) is 1. The zero-order valence-corrected chi connectivity index (χ0v) is 16.2. The van der Waals surface area contributed by atoms with E-state index >= 15 is 0 Å². The molecular weight excluding hydrogens is 370 g/mol. The molecule has 2 aromatic carbocycles. The molecule has 2 amide bonds. The Bertz CT molecular complexity index is 873. The summed E-state index contributed by atoms with van der Waals surface area (Å²) in [5.74, 6) is -1.36. The molecule has 0 bridgehead atoms. The monoisotopic (exact) mass is 393 g/mol. The van der Waals surface area contributed by atoms with Gasteiger partial charge >= 0.3 is 5.97 Å². The number of carbonyl (C=O) groups is 3. The highest BCUT2D eigenvalue weighted by atomic mass is 16.5. The van der Waals surface area contributed by atoms with Crippen molar-refractivity contribution in [3.05, 3.63) is 65.7 Å². The third-order valence-electron chi connectivity index (χ3n) is 4.12. The second-order valence-electron chi connectivity index (χ2n) is 6.44. The summed E-state index contributed by atoms with van der Waals surface area (Å²) in [6.07, 6.45) is 0.172. The van der Waals surface area contributed by atoms with Crippen LogP contribution in [0.15, 0.2) is 54.6 Å². The van der Waals surface area contributed by atoms with Gasteiger partial charge in [-0.3, -0.25) is 14.4 Å². The standard InChI is InChI=1S/C22H23N3O4/c1-16(18-5-3-2-4-6-18)24-20(26)11-12-22(28)29-15-21(27)25-19-9-7-17(8-10-19)13-14-23/h2-10,16H,11-13,15H2,1H3,(H,24,26)(H,25,27). The molecule has 0 heterocycles. The number of rotatable bonds is 9. The van der Waals surface area contributed by atoms with Gasteiger partial charge in [-0.05, 0) is 30.2 Å². The number of nitrogens with one attached hydrogen (secondary N) is 2. The SMILES string of the molecule is CC(NC(=O)CCC(=O)OCC(=O)Nc1ccc(CC#N)cc1)c1ccccc1. The largest absolute Gasteiger partial charge is 0.456 e. The van der Waals surface area contributed by atoms with Crippen LogP contribution in [0.4, 0.5) is 5.69 Å². The number of nitrogens with zero attached hydrogens (tertiary/aromatic N) is 1. The lowest BCUT2D eigenvalue weighted by atomic mass is 10.1. The molecule has 0 saturated heterocycles. The highest BCUT2D eigenvalue weighted by Crippen LogP contribution is 2.12. The Morgan fingerprint density at radius 2 is 1.69 bits per heavy atom. The van der Waals surface area contributed by atoms with E-state index in [4.69, 9.17) is 10.00 Å². The van der Waals surface area contributed by atoms with Gasteiger partial charge in [0.25, 0.3) is 5.91 Å². The van der Waals surface area contributed by atoms with Crippen LogP contribution in [0.5, 0.6) is 0 Å². The summed E-state index contributed by atoms with van der Waals surface area (Å²) in [6.45, 7) is 1.43. The third kappa shape index (κ3) is 7.85. The van der Waals surface area contributed by atoms with Gasteiger partial charge in [-0.2, -0.15) is 5.26 Å². The average Bonchev–Trinajstić information content (AvgIpc) is 2.73. The van der Waals surface area contributed by atoms with E-state index < -0.39 is 18.5 Å². The maximum absolute atomic E-state index is 12.0. The molecule has 2 aromatic rings. The molecule has 0 aromatic heterocycles. The molecule has 0 aliphatic heterocycles. The predicted molar refractivity (Wildman–Crippen MR) is 108 cm³/mol.